The molecule has 0 radical (unpaired) electrons. The minimum Gasteiger partial charge on any atom is -0.309 e. The normalized spacial score (nSPS) is 12.6. The maximum atomic E-state index is 3.72. The molecule has 2 aromatic rings. The molecular weight excluding hydrogens is 254 g/mol. The van der Waals surface area contributed by atoms with Crippen molar-refractivity contribution in [3.05, 3.63) is 71.3 Å². The predicted molar refractivity (Wildman–Crippen MR) is 91.5 cm³/mol. The summed E-state index contributed by atoms with van der Waals surface area (Å²) in [6.07, 6.45) is 2.19. The van der Waals surface area contributed by atoms with Crippen LogP contribution in [0, 0.1) is 5.92 Å². The minimum atomic E-state index is 0.430. The van der Waals surface area contributed by atoms with Gasteiger partial charge in [-0.2, -0.15) is 0 Å². The van der Waals surface area contributed by atoms with Gasteiger partial charge in [0.05, 0.1) is 0 Å². The minimum absolute atomic E-state index is 0.430. The van der Waals surface area contributed by atoms with Gasteiger partial charge in [0, 0.05) is 6.04 Å². The topological polar surface area (TPSA) is 12.0 Å². The van der Waals surface area contributed by atoms with Crippen molar-refractivity contribution in [2.75, 3.05) is 6.54 Å². The van der Waals surface area contributed by atoms with Crippen molar-refractivity contribution in [2.24, 2.45) is 5.92 Å². The lowest BCUT2D eigenvalue weighted by atomic mass is 9.94. The van der Waals surface area contributed by atoms with Crippen molar-refractivity contribution >= 4 is 0 Å². The molecule has 0 aromatic heterocycles. The summed E-state index contributed by atoms with van der Waals surface area (Å²) in [5, 5.41) is 3.72. The molecule has 1 nitrogen and oxygen atoms in total. The van der Waals surface area contributed by atoms with Crippen LogP contribution >= 0.6 is 0 Å². The van der Waals surface area contributed by atoms with E-state index in [1.165, 1.54) is 16.7 Å². The molecule has 0 saturated carbocycles. The average Bonchev–Trinajstić information content (AvgIpc) is 2.52. The van der Waals surface area contributed by atoms with E-state index in [1.807, 2.05) is 0 Å². The first-order chi connectivity index (χ1) is 10.2. The van der Waals surface area contributed by atoms with Gasteiger partial charge in [-0.15, -0.1) is 0 Å². The third-order valence-corrected chi connectivity index (χ3v) is 4.03. The van der Waals surface area contributed by atoms with E-state index in [1.54, 1.807) is 0 Å². The van der Waals surface area contributed by atoms with Gasteiger partial charge < -0.3 is 5.32 Å². The second kappa shape index (κ2) is 7.99. The fraction of sp³-hybridized carbons (Fsp3) is 0.400. The Morgan fingerprint density at radius 2 is 1.52 bits per heavy atom. The Hall–Kier alpha value is -1.60. The van der Waals surface area contributed by atoms with E-state index in [9.17, 15) is 0 Å². The smallest absolute Gasteiger partial charge is 0.0343 e. The lowest BCUT2D eigenvalue weighted by Crippen LogP contribution is -2.27. The summed E-state index contributed by atoms with van der Waals surface area (Å²) in [5.74, 6) is 0.591. The van der Waals surface area contributed by atoms with Gasteiger partial charge >= 0.3 is 0 Å². The highest BCUT2D eigenvalue weighted by atomic mass is 14.9. The maximum Gasteiger partial charge on any atom is 0.0343 e. The third kappa shape index (κ3) is 4.71. The van der Waals surface area contributed by atoms with Crippen molar-refractivity contribution in [2.45, 2.75) is 39.7 Å². The van der Waals surface area contributed by atoms with E-state index >= 15 is 0 Å². The summed E-state index contributed by atoms with van der Waals surface area (Å²) in [4.78, 5) is 0. The molecule has 2 aromatic carbocycles. The molecule has 112 valence electrons. The Labute approximate surface area is 129 Å². The van der Waals surface area contributed by atoms with Crippen molar-refractivity contribution < 1.29 is 0 Å². The van der Waals surface area contributed by atoms with E-state index in [0.717, 1.165) is 19.4 Å². The zero-order valence-electron chi connectivity index (χ0n) is 13.5. The summed E-state index contributed by atoms with van der Waals surface area (Å²) in [7, 11) is 0. The van der Waals surface area contributed by atoms with Crippen molar-refractivity contribution in [3.63, 3.8) is 0 Å². The lowest BCUT2D eigenvalue weighted by molar-refractivity contribution is 0.414. The van der Waals surface area contributed by atoms with Crippen LogP contribution in [0.15, 0.2) is 54.6 Å². The predicted octanol–water partition coefficient (Wildman–Crippen LogP) is 4.78. The summed E-state index contributed by atoms with van der Waals surface area (Å²) in [6.45, 7) is 7.79. The molecule has 0 saturated heterocycles. The van der Waals surface area contributed by atoms with E-state index in [0.29, 0.717) is 12.0 Å². The first-order valence-electron chi connectivity index (χ1n) is 8.07. The van der Waals surface area contributed by atoms with Gasteiger partial charge in [0.1, 0.15) is 0 Å². The largest absolute Gasteiger partial charge is 0.309 e. The number of rotatable bonds is 7. The molecule has 1 heteroatoms. The quantitative estimate of drug-likeness (QED) is 0.770. The number of aryl methyl sites for hydroxylation is 1. The summed E-state index contributed by atoms with van der Waals surface area (Å²) in [6, 6.07) is 20.2. The van der Waals surface area contributed by atoms with E-state index in [2.05, 4.69) is 80.7 Å². The van der Waals surface area contributed by atoms with E-state index < -0.39 is 0 Å². The molecule has 0 aliphatic carbocycles. The Morgan fingerprint density at radius 3 is 2.10 bits per heavy atom. The van der Waals surface area contributed by atoms with Gasteiger partial charge in [0.25, 0.3) is 0 Å². The molecule has 1 unspecified atom stereocenters. The molecule has 0 aliphatic rings. The van der Waals surface area contributed by atoms with Crippen LogP contribution in [0.4, 0.5) is 0 Å². The van der Waals surface area contributed by atoms with E-state index in [4.69, 9.17) is 0 Å². The Morgan fingerprint density at radius 1 is 0.857 bits per heavy atom. The van der Waals surface area contributed by atoms with Crippen LogP contribution in [-0.4, -0.2) is 6.54 Å². The zero-order chi connectivity index (χ0) is 15.1. The first kappa shape index (κ1) is 15.8. The lowest BCUT2D eigenvalue weighted by Gasteiger charge is -2.23. The summed E-state index contributed by atoms with van der Waals surface area (Å²) < 4.78 is 0. The number of nitrogens with one attached hydrogen (secondary N) is 1. The monoisotopic (exact) mass is 281 g/mol. The average molecular weight is 281 g/mol. The molecule has 0 amide bonds. The molecule has 2 rings (SSSR count). The van der Waals surface area contributed by atoms with Crippen LogP contribution in [0.3, 0.4) is 0 Å². The molecule has 21 heavy (non-hydrogen) atoms. The summed E-state index contributed by atoms with van der Waals surface area (Å²) in [5.41, 5.74) is 4.20. The molecule has 0 heterocycles. The van der Waals surface area contributed by atoms with Crippen LogP contribution in [-0.2, 0) is 12.8 Å². The fourth-order valence-electron chi connectivity index (χ4n) is 2.72. The Kier molecular flexibility index (Phi) is 6.01. The van der Waals surface area contributed by atoms with Crippen LogP contribution in [0.5, 0.6) is 0 Å². The second-order valence-corrected chi connectivity index (χ2v) is 6.01. The first-order valence-corrected chi connectivity index (χ1v) is 8.07. The highest BCUT2D eigenvalue weighted by Crippen LogP contribution is 2.22. The van der Waals surface area contributed by atoms with Crippen molar-refractivity contribution in [1.82, 2.24) is 5.32 Å². The van der Waals surface area contributed by atoms with Gasteiger partial charge in [0.15, 0.2) is 0 Å². The van der Waals surface area contributed by atoms with Crippen LogP contribution < -0.4 is 5.32 Å². The third-order valence-electron chi connectivity index (χ3n) is 4.03. The Bertz CT molecular complexity index is 513. The summed E-state index contributed by atoms with van der Waals surface area (Å²) >= 11 is 0. The standard InChI is InChI=1S/C20H27N/c1-4-17-10-12-19(13-11-17)20(16(2)3)21-15-14-18-8-6-5-7-9-18/h5-13,16,20-21H,4,14-15H2,1-3H3. The number of hydrogen-bond donors (Lipinski definition) is 1. The molecular formula is C20H27N. The fourth-order valence-corrected chi connectivity index (χ4v) is 2.72. The van der Waals surface area contributed by atoms with Crippen molar-refractivity contribution in [3.8, 4) is 0 Å². The van der Waals surface area contributed by atoms with Crippen LogP contribution in [0.2, 0.25) is 0 Å². The molecule has 0 aliphatic heterocycles. The molecule has 1 atom stereocenters. The van der Waals surface area contributed by atoms with Gasteiger partial charge in [-0.3, -0.25) is 0 Å². The second-order valence-electron chi connectivity index (χ2n) is 6.01. The zero-order valence-corrected chi connectivity index (χ0v) is 13.5. The maximum absolute atomic E-state index is 3.72. The van der Waals surface area contributed by atoms with Crippen molar-refractivity contribution in [1.29, 1.82) is 0 Å². The van der Waals surface area contributed by atoms with Crippen LogP contribution in [0.1, 0.15) is 43.5 Å². The highest BCUT2D eigenvalue weighted by molar-refractivity contribution is 5.25. The van der Waals surface area contributed by atoms with Gasteiger partial charge in [0.2, 0.25) is 0 Å². The molecule has 0 fully saturated rings. The molecule has 1 N–H and O–H groups in total. The van der Waals surface area contributed by atoms with Crippen LogP contribution in [0.25, 0.3) is 0 Å². The number of benzene rings is 2. The van der Waals surface area contributed by atoms with Gasteiger partial charge in [-0.1, -0.05) is 75.4 Å². The number of hydrogen-bond acceptors (Lipinski definition) is 1. The highest BCUT2D eigenvalue weighted by Gasteiger charge is 2.14. The SMILES string of the molecule is CCc1ccc(C(NCCc2ccccc2)C(C)C)cc1. The molecule has 0 spiro atoms. The molecule has 0 bridgehead atoms. The van der Waals surface area contributed by atoms with Gasteiger partial charge in [-0.25, -0.2) is 0 Å². The Balaban J connectivity index is 1.95. The van der Waals surface area contributed by atoms with E-state index in [-0.39, 0.29) is 0 Å². The van der Waals surface area contributed by atoms with Gasteiger partial charge in [-0.05, 0) is 42.0 Å².